The molecule has 22 heavy (non-hydrogen) atoms. The second-order valence-corrected chi connectivity index (χ2v) is 5.60. The van der Waals surface area contributed by atoms with Crippen LogP contribution in [0.2, 0.25) is 5.02 Å². The largest absolute Gasteiger partial charge is 0.383 e. The van der Waals surface area contributed by atoms with Crippen molar-refractivity contribution in [3.8, 4) is 0 Å². The zero-order valence-electron chi connectivity index (χ0n) is 12.5. The third-order valence-corrected chi connectivity index (χ3v) is 3.53. The van der Waals surface area contributed by atoms with Crippen LogP contribution >= 0.6 is 11.6 Å². The van der Waals surface area contributed by atoms with Crippen LogP contribution in [0.4, 0.5) is 0 Å². The summed E-state index contributed by atoms with van der Waals surface area (Å²) in [6.45, 7) is 0. The standard InChI is InChI=1S/C18H18ClNO2/c1-20(2)11-10-13-8-9-15(12-16(13)19)18(22)17(21)14-6-4-3-5-7-14/h3-12,17,21H,1-2H3. The number of hydrogen-bond acceptors (Lipinski definition) is 3. The Labute approximate surface area is 135 Å². The lowest BCUT2D eigenvalue weighted by molar-refractivity contribution is 0.0747. The molecule has 1 atom stereocenters. The smallest absolute Gasteiger partial charge is 0.195 e. The van der Waals surface area contributed by atoms with Crippen molar-refractivity contribution in [3.05, 3.63) is 76.4 Å². The van der Waals surface area contributed by atoms with Crippen molar-refractivity contribution in [1.29, 1.82) is 0 Å². The van der Waals surface area contributed by atoms with Crippen LogP contribution < -0.4 is 0 Å². The summed E-state index contributed by atoms with van der Waals surface area (Å²) in [6, 6.07) is 13.9. The number of carbonyl (C=O) groups excluding carboxylic acids is 1. The average molecular weight is 316 g/mol. The highest BCUT2D eigenvalue weighted by Crippen LogP contribution is 2.23. The van der Waals surface area contributed by atoms with E-state index < -0.39 is 6.10 Å². The van der Waals surface area contributed by atoms with Gasteiger partial charge in [-0.2, -0.15) is 0 Å². The van der Waals surface area contributed by atoms with Gasteiger partial charge in [0, 0.05) is 24.7 Å². The fourth-order valence-electron chi connectivity index (χ4n) is 1.99. The van der Waals surface area contributed by atoms with Gasteiger partial charge in [-0.05, 0) is 29.5 Å². The highest BCUT2D eigenvalue weighted by molar-refractivity contribution is 6.32. The first-order chi connectivity index (χ1) is 10.5. The quantitative estimate of drug-likeness (QED) is 0.853. The van der Waals surface area contributed by atoms with E-state index in [1.165, 1.54) is 0 Å². The maximum atomic E-state index is 12.3. The van der Waals surface area contributed by atoms with Gasteiger partial charge in [-0.1, -0.05) is 54.1 Å². The fourth-order valence-corrected chi connectivity index (χ4v) is 2.23. The number of benzene rings is 2. The van der Waals surface area contributed by atoms with Gasteiger partial charge in [0.25, 0.3) is 0 Å². The van der Waals surface area contributed by atoms with Gasteiger partial charge in [0.15, 0.2) is 5.78 Å². The summed E-state index contributed by atoms with van der Waals surface area (Å²) in [5, 5.41) is 10.6. The maximum Gasteiger partial charge on any atom is 0.195 e. The molecule has 4 heteroatoms. The lowest BCUT2D eigenvalue weighted by Gasteiger charge is -2.11. The van der Waals surface area contributed by atoms with Crippen molar-refractivity contribution in [2.24, 2.45) is 0 Å². The first-order valence-corrected chi connectivity index (χ1v) is 7.28. The zero-order chi connectivity index (χ0) is 16.1. The molecule has 1 N–H and O–H groups in total. The number of ketones is 1. The predicted octanol–water partition coefficient (Wildman–Crippen LogP) is 3.79. The van der Waals surface area contributed by atoms with Crippen molar-refractivity contribution in [3.63, 3.8) is 0 Å². The maximum absolute atomic E-state index is 12.3. The molecule has 0 amide bonds. The summed E-state index contributed by atoms with van der Waals surface area (Å²) >= 11 is 6.20. The third kappa shape index (κ3) is 3.97. The molecule has 114 valence electrons. The van der Waals surface area contributed by atoms with Gasteiger partial charge in [0.05, 0.1) is 0 Å². The van der Waals surface area contributed by atoms with Gasteiger partial charge < -0.3 is 10.0 Å². The molecule has 0 aliphatic carbocycles. The highest BCUT2D eigenvalue weighted by atomic mass is 35.5. The Bertz CT molecular complexity index is 681. The molecule has 0 spiro atoms. The number of hydrogen-bond donors (Lipinski definition) is 1. The molecule has 0 heterocycles. The van der Waals surface area contributed by atoms with Crippen LogP contribution in [0.1, 0.15) is 27.6 Å². The second kappa shape index (κ2) is 7.25. The number of rotatable bonds is 5. The molecule has 2 aromatic carbocycles. The Morgan fingerprint density at radius 2 is 1.86 bits per heavy atom. The Hall–Kier alpha value is -2.10. The van der Waals surface area contributed by atoms with Gasteiger partial charge in [-0.25, -0.2) is 0 Å². The van der Waals surface area contributed by atoms with Crippen LogP contribution in [0, 0.1) is 0 Å². The lowest BCUT2D eigenvalue weighted by Crippen LogP contribution is -2.12. The minimum atomic E-state index is -1.18. The number of Topliss-reactive ketones (excluding diaryl/α,β-unsaturated/α-hetero) is 1. The molecular weight excluding hydrogens is 298 g/mol. The molecule has 0 aliphatic rings. The predicted molar refractivity (Wildman–Crippen MR) is 89.9 cm³/mol. The Morgan fingerprint density at radius 3 is 2.45 bits per heavy atom. The molecule has 0 saturated heterocycles. The topological polar surface area (TPSA) is 40.5 Å². The molecular formula is C18H18ClNO2. The lowest BCUT2D eigenvalue weighted by atomic mass is 9.99. The summed E-state index contributed by atoms with van der Waals surface area (Å²) in [5.41, 5.74) is 1.78. The molecule has 3 nitrogen and oxygen atoms in total. The van der Waals surface area contributed by atoms with Crippen molar-refractivity contribution in [2.45, 2.75) is 6.10 Å². The van der Waals surface area contributed by atoms with E-state index in [1.54, 1.807) is 42.5 Å². The normalized spacial score (nSPS) is 12.4. The van der Waals surface area contributed by atoms with E-state index in [9.17, 15) is 9.90 Å². The number of aliphatic hydroxyl groups excluding tert-OH is 1. The fraction of sp³-hybridized carbons (Fsp3) is 0.167. The first-order valence-electron chi connectivity index (χ1n) is 6.90. The van der Waals surface area contributed by atoms with Gasteiger partial charge in [0.2, 0.25) is 0 Å². The van der Waals surface area contributed by atoms with E-state index in [0.717, 1.165) is 5.56 Å². The molecule has 2 rings (SSSR count). The van der Waals surface area contributed by atoms with Crippen LogP contribution in [0.3, 0.4) is 0 Å². The van der Waals surface area contributed by atoms with Crippen LogP contribution in [0.15, 0.2) is 54.7 Å². The molecule has 0 aromatic heterocycles. The molecule has 2 aromatic rings. The summed E-state index contributed by atoms with van der Waals surface area (Å²) in [7, 11) is 3.83. The molecule has 0 fully saturated rings. The zero-order valence-corrected chi connectivity index (χ0v) is 13.3. The summed E-state index contributed by atoms with van der Waals surface area (Å²) in [4.78, 5) is 14.2. The second-order valence-electron chi connectivity index (χ2n) is 5.19. The Balaban J connectivity index is 2.22. The summed E-state index contributed by atoms with van der Waals surface area (Å²) in [6.07, 6.45) is 2.56. The number of halogens is 1. The number of carbonyl (C=O) groups is 1. The summed E-state index contributed by atoms with van der Waals surface area (Å²) in [5.74, 6) is -0.365. The van der Waals surface area contributed by atoms with Crippen LogP contribution in [0.25, 0.3) is 6.08 Å². The van der Waals surface area contributed by atoms with Crippen molar-refractivity contribution in [1.82, 2.24) is 4.90 Å². The van der Waals surface area contributed by atoms with Crippen LogP contribution in [0.5, 0.6) is 0 Å². The van der Waals surface area contributed by atoms with E-state index >= 15 is 0 Å². The molecule has 0 bridgehead atoms. The minimum Gasteiger partial charge on any atom is -0.383 e. The number of nitrogens with zero attached hydrogens (tertiary/aromatic N) is 1. The number of aliphatic hydroxyl groups is 1. The van der Waals surface area contributed by atoms with Gasteiger partial charge in [0.1, 0.15) is 6.10 Å². The van der Waals surface area contributed by atoms with Crippen molar-refractivity contribution in [2.75, 3.05) is 14.1 Å². The molecule has 1 unspecified atom stereocenters. The Morgan fingerprint density at radius 1 is 1.18 bits per heavy atom. The van der Waals surface area contributed by atoms with Gasteiger partial charge >= 0.3 is 0 Å². The van der Waals surface area contributed by atoms with E-state index in [-0.39, 0.29) is 5.78 Å². The highest BCUT2D eigenvalue weighted by Gasteiger charge is 2.19. The Kier molecular flexibility index (Phi) is 5.36. The minimum absolute atomic E-state index is 0.365. The monoisotopic (exact) mass is 315 g/mol. The van der Waals surface area contributed by atoms with E-state index in [1.807, 2.05) is 37.3 Å². The first kappa shape index (κ1) is 16.3. The van der Waals surface area contributed by atoms with Crippen LogP contribution in [-0.2, 0) is 0 Å². The van der Waals surface area contributed by atoms with Gasteiger partial charge in [-0.3, -0.25) is 4.79 Å². The summed E-state index contributed by atoms with van der Waals surface area (Å²) < 4.78 is 0. The van der Waals surface area contributed by atoms with E-state index in [4.69, 9.17) is 11.6 Å². The molecule has 0 saturated carbocycles. The van der Waals surface area contributed by atoms with E-state index in [2.05, 4.69) is 0 Å². The van der Waals surface area contributed by atoms with Crippen molar-refractivity contribution < 1.29 is 9.90 Å². The third-order valence-electron chi connectivity index (χ3n) is 3.20. The van der Waals surface area contributed by atoms with Crippen molar-refractivity contribution >= 4 is 23.5 Å². The molecule has 0 aliphatic heterocycles. The molecule has 0 radical (unpaired) electrons. The van der Waals surface area contributed by atoms with Crippen LogP contribution in [-0.4, -0.2) is 29.9 Å². The average Bonchev–Trinajstić information content (AvgIpc) is 2.53. The van der Waals surface area contributed by atoms with Gasteiger partial charge in [-0.15, -0.1) is 0 Å². The SMILES string of the molecule is CN(C)C=Cc1ccc(C(=O)C(O)c2ccccc2)cc1Cl. The van der Waals surface area contributed by atoms with E-state index in [0.29, 0.717) is 16.1 Å².